The van der Waals surface area contributed by atoms with Crippen LogP contribution in [0.25, 0.3) is 0 Å². The lowest BCUT2D eigenvalue weighted by molar-refractivity contribution is -0.121. The fraction of sp³-hybridized carbons (Fsp3) is 0.400. The molecule has 0 saturated carbocycles. The first-order valence-electron chi connectivity index (χ1n) is 10.8. The Hall–Kier alpha value is -3.15. The lowest BCUT2D eigenvalue weighted by Crippen LogP contribution is -2.62. The monoisotopic (exact) mass is 419 g/mol. The van der Waals surface area contributed by atoms with E-state index in [2.05, 4.69) is 31.3 Å². The number of para-hydroxylation sites is 1. The van der Waals surface area contributed by atoms with Crippen molar-refractivity contribution >= 4 is 23.4 Å². The molecule has 1 atom stereocenters. The van der Waals surface area contributed by atoms with E-state index in [0.717, 1.165) is 5.56 Å². The molecular weight excluding hydrogens is 390 g/mol. The lowest BCUT2D eigenvalue weighted by Gasteiger charge is -2.48. The summed E-state index contributed by atoms with van der Waals surface area (Å²) in [5.41, 5.74) is 1.42. The van der Waals surface area contributed by atoms with E-state index in [1.54, 1.807) is 21.9 Å². The SMILES string of the molecule is CC(C)(CNC(=O)CCN1C(=O)c2ccccc2N2C(=O)CCC12C)c1ccccc1. The normalized spacial score (nSPS) is 20.5. The third-order valence-corrected chi connectivity index (χ3v) is 6.59. The highest BCUT2D eigenvalue weighted by molar-refractivity contribution is 6.10. The van der Waals surface area contributed by atoms with Gasteiger partial charge in [0.05, 0.1) is 11.3 Å². The van der Waals surface area contributed by atoms with Gasteiger partial charge < -0.3 is 10.2 Å². The predicted octanol–water partition coefficient (Wildman–Crippen LogP) is 3.47. The molecule has 2 aromatic rings. The summed E-state index contributed by atoms with van der Waals surface area (Å²) in [6.07, 6.45) is 1.15. The van der Waals surface area contributed by atoms with Gasteiger partial charge in [-0.3, -0.25) is 19.3 Å². The van der Waals surface area contributed by atoms with E-state index in [0.29, 0.717) is 30.6 Å². The van der Waals surface area contributed by atoms with Crippen LogP contribution < -0.4 is 10.2 Å². The summed E-state index contributed by atoms with van der Waals surface area (Å²) >= 11 is 0. The molecule has 0 bridgehead atoms. The van der Waals surface area contributed by atoms with Gasteiger partial charge in [0.1, 0.15) is 5.66 Å². The van der Waals surface area contributed by atoms with E-state index in [1.165, 1.54) is 0 Å². The zero-order valence-corrected chi connectivity index (χ0v) is 18.4. The van der Waals surface area contributed by atoms with Crippen molar-refractivity contribution in [3.8, 4) is 0 Å². The van der Waals surface area contributed by atoms with Gasteiger partial charge in [-0.05, 0) is 31.0 Å². The highest BCUT2D eigenvalue weighted by Gasteiger charge is 2.52. The van der Waals surface area contributed by atoms with Crippen LogP contribution in [0.3, 0.4) is 0 Å². The second kappa shape index (κ2) is 7.84. The largest absolute Gasteiger partial charge is 0.355 e. The second-order valence-electron chi connectivity index (χ2n) is 9.20. The summed E-state index contributed by atoms with van der Waals surface area (Å²) in [6, 6.07) is 17.3. The molecule has 3 amide bonds. The average molecular weight is 420 g/mol. The predicted molar refractivity (Wildman–Crippen MR) is 120 cm³/mol. The first kappa shape index (κ1) is 21.1. The van der Waals surface area contributed by atoms with E-state index in [-0.39, 0.29) is 36.1 Å². The number of hydrogen-bond donors (Lipinski definition) is 1. The minimum absolute atomic E-state index is 0.0153. The van der Waals surface area contributed by atoms with Gasteiger partial charge in [-0.25, -0.2) is 0 Å². The van der Waals surface area contributed by atoms with Crippen molar-refractivity contribution in [2.24, 2.45) is 0 Å². The number of carbonyl (C=O) groups is 3. The molecule has 0 radical (unpaired) electrons. The van der Waals surface area contributed by atoms with E-state index in [4.69, 9.17) is 0 Å². The summed E-state index contributed by atoms with van der Waals surface area (Å²) < 4.78 is 0. The van der Waals surface area contributed by atoms with Crippen molar-refractivity contribution < 1.29 is 14.4 Å². The average Bonchev–Trinajstić information content (AvgIpc) is 3.08. The number of amides is 3. The lowest BCUT2D eigenvalue weighted by atomic mass is 9.84. The molecule has 31 heavy (non-hydrogen) atoms. The molecule has 6 heteroatoms. The summed E-state index contributed by atoms with van der Waals surface area (Å²) in [6.45, 7) is 6.88. The van der Waals surface area contributed by atoms with Crippen LogP contribution in [0.2, 0.25) is 0 Å². The Kier molecular flexibility index (Phi) is 5.33. The molecule has 2 heterocycles. The molecule has 4 rings (SSSR count). The maximum absolute atomic E-state index is 13.2. The molecule has 1 fully saturated rings. The van der Waals surface area contributed by atoms with Gasteiger partial charge in [0.25, 0.3) is 5.91 Å². The molecule has 2 aromatic carbocycles. The van der Waals surface area contributed by atoms with Crippen LogP contribution in [0.1, 0.15) is 56.0 Å². The van der Waals surface area contributed by atoms with Crippen molar-refractivity contribution in [3.05, 3.63) is 65.7 Å². The molecule has 1 unspecified atom stereocenters. The van der Waals surface area contributed by atoms with Crippen LogP contribution in [0.5, 0.6) is 0 Å². The maximum Gasteiger partial charge on any atom is 0.257 e. The number of anilines is 1. The summed E-state index contributed by atoms with van der Waals surface area (Å²) in [7, 11) is 0. The molecule has 6 nitrogen and oxygen atoms in total. The number of benzene rings is 2. The molecule has 1 N–H and O–H groups in total. The Morgan fingerprint density at radius 1 is 1.06 bits per heavy atom. The Labute approximate surface area is 183 Å². The first-order valence-corrected chi connectivity index (χ1v) is 10.8. The van der Waals surface area contributed by atoms with Gasteiger partial charge in [-0.15, -0.1) is 0 Å². The number of nitrogens with zero attached hydrogens (tertiary/aromatic N) is 2. The van der Waals surface area contributed by atoms with Gasteiger partial charge in [0, 0.05) is 31.3 Å². The minimum Gasteiger partial charge on any atom is -0.355 e. The number of rotatable bonds is 6. The van der Waals surface area contributed by atoms with Crippen molar-refractivity contribution in [1.29, 1.82) is 0 Å². The van der Waals surface area contributed by atoms with Crippen LogP contribution in [-0.2, 0) is 15.0 Å². The topological polar surface area (TPSA) is 69.7 Å². The van der Waals surface area contributed by atoms with E-state index >= 15 is 0 Å². The smallest absolute Gasteiger partial charge is 0.257 e. The molecule has 2 aliphatic heterocycles. The Bertz CT molecular complexity index is 1020. The van der Waals surface area contributed by atoms with Crippen LogP contribution in [-0.4, -0.2) is 41.4 Å². The van der Waals surface area contributed by atoms with Crippen LogP contribution in [0, 0.1) is 0 Å². The highest BCUT2D eigenvalue weighted by atomic mass is 16.2. The third kappa shape index (κ3) is 3.71. The van der Waals surface area contributed by atoms with Gasteiger partial charge in [-0.2, -0.15) is 0 Å². The highest BCUT2D eigenvalue weighted by Crippen LogP contribution is 2.43. The number of hydrogen-bond acceptors (Lipinski definition) is 3. The van der Waals surface area contributed by atoms with E-state index in [1.807, 2.05) is 37.3 Å². The van der Waals surface area contributed by atoms with Crippen molar-refractivity contribution in [1.82, 2.24) is 10.2 Å². The van der Waals surface area contributed by atoms with Gasteiger partial charge in [-0.1, -0.05) is 56.3 Å². The van der Waals surface area contributed by atoms with Crippen molar-refractivity contribution in [2.45, 2.75) is 51.1 Å². The van der Waals surface area contributed by atoms with Gasteiger partial charge in [0.15, 0.2) is 0 Å². The number of fused-ring (bicyclic) bond motifs is 3. The fourth-order valence-electron chi connectivity index (χ4n) is 4.65. The quantitative estimate of drug-likeness (QED) is 0.780. The van der Waals surface area contributed by atoms with E-state index in [9.17, 15) is 14.4 Å². The second-order valence-corrected chi connectivity index (χ2v) is 9.20. The Balaban J connectivity index is 1.45. The summed E-state index contributed by atoms with van der Waals surface area (Å²) in [5, 5.41) is 3.02. The minimum atomic E-state index is -0.730. The van der Waals surface area contributed by atoms with Crippen molar-refractivity contribution in [3.63, 3.8) is 0 Å². The first-order chi connectivity index (χ1) is 14.7. The molecule has 1 saturated heterocycles. The molecule has 0 spiro atoms. The van der Waals surface area contributed by atoms with Crippen molar-refractivity contribution in [2.75, 3.05) is 18.0 Å². The Morgan fingerprint density at radius 2 is 1.74 bits per heavy atom. The number of carbonyl (C=O) groups excluding carboxylic acids is 3. The zero-order valence-electron chi connectivity index (χ0n) is 18.4. The van der Waals surface area contributed by atoms with Gasteiger partial charge in [0.2, 0.25) is 11.8 Å². The molecular formula is C25H29N3O3. The van der Waals surface area contributed by atoms with Crippen LogP contribution in [0.4, 0.5) is 5.69 Å². The molecule has 0 aliphatic carbocycles. The fourth-order valence-corrected chi connectivity index (χ4v) is 4.65. The summed E-state index contributed by atoms with van der Waals surface area (Å²) in [4.78, 5) is 41.9. The van der Waals surface area contributed by atoms with E-state index < -0.39 is 5.66 Å². The summed E-state index contributed by atoms with van der Waals surface area (Å²) in [5.74, 6) is -0.210. The molecule has 2 aliphatic rings. The zero-order chi connectivity index (χ0) is 22.2. The Morgan fingerprint density at radius 3 is 2.48 bits per heavy atom. The standard InChI is InChI=1S/C25H29N3O3/c1-24(2,18-9-5-4-6-10-18)17-26-21(29)14-16-27-23(31)19-11-7-8-12-20(19)28-22(30)13-15-25(27,28)3/h4-12H,13-17H2,1-3H3,(H,26,29). The number of nitrogens with one attached hydrogen (secondary N) is 1. The van der Waals surface area contributed by atoms with Crippen LogP contribution in [0.15, 0.2) is 54.6 Å². The molecule has 162 valence electrons. The molecule has 0 aromatic heterocycles. The third-order valence-electron chi connectivity index (χ3n) is 6.59. The van der Waals surface area contributed by atoms with Crippen LogP contribution >= 0.6 is 0 Å². The van der Waals surface area contributed by atoms with Gasteiger partial charge >= 0.3 is 0 Å². The maximum atomic E-state index is 13.2.